The summed E-state index contributed by atoms with van der Waals surface area (Å²) < 4.78 is 55.7. The molecule has 3 aromatic carbocycles. The normalized spacial score (nSPS) is 10.9. The second kappa shape index (κ2) is 15.7. The van der Waals surface area contributed by atoms with Crippen LogP contribution in [0.4, 0.5) is 18.9 Å². The Morgan fingerprint density at radius 2 is 1.55 bits per heavy atom. The van der Waals surface area contributed by atoms with Crippen LogP contribution in [0.25, 0.3) is 0 Å². The van der Waals surface area contributed by atoms with Crippen molar-refractivity contribution in [3.05, 3.63) is 119 Å². The van der Waals surface area contributed by atoms with Crippen LogP contribution in [0.15, 0.2) is 85.1 Å². The van der Waals surface area contributed by atoms with Gasteiger partial charge in [-0.2, -0.15) is 13.2 Å². The molecule has 0 saturated heterocycles. The first-order valence-corrected chi connectivity index (χ1v) is 14.8. The number of amides is 2. The fourth-order valence-electron chi connectivity index (χ4n) is 4.59. The quantitative estimate of drug-likeness (QED) is 0.0709. The first-order chi connectivity index (χ1) is 23.3. The van der Waals surface area contributed by atoms with Crippen molar-refractivity contribution < 1.29 is 41.8 Å². The van der Waals surface area contributed by atoms with Crippen molar-refractivity contribution in [2.24, 2.45) is 0 Å². The SMILES string of the molecule is CCN(Cc1ccc(OC(=O)c2ccc(C(=N)OC(C)=N)cn2)cc1)C(=O)c1ccc(NC(=O)Cc2ccc(OC)cc2C(F)(F)F)cc1. The van der Waals surface area contributed by atoms with E-state index in [-0.39, 0.29) is 52.6 Å². The highest BCUT2D eigenvalue weighted by Gasteiger charge is 2.34. The number of carbonyl (C=O) groups is 3. The van der Waals surface area contributed by atoms with E-state index >= 15 is 0 Å². The predicted octanol–water partition coefficient (Wildman–Crippen LogP) is 6.51. The maximum atomic E-state index is 13.5. The summed E-state index contributed by atoms with van der Waals surface area (Å²) >= 11 is 0. The highest BCUT2D eigenvalue weighted by Crippen LogP contribution is 2.34. The van der Waals surface area contributed by atoms with Crippen molar-refractivity contribution in [2.75, 3.05) is 19.0 Å². The lowest BCUT2D eigenvalue weighted by Gasteiger charge is -2.21. The van der Waals surface area contributed by atoms with Crippen LogP contribution in [-0.4, -0.2) is 53.1 Å². The summed E-state index contributed by atoms with van der Waals surface area (Å²) in [6.07, 6.45) is -3.91. The summed E-state index contributed by atoms with van der Waals surface area (Å²) in [5.41, 5.74) is 0.559. The third-order valence-corrected chi connectivity index (χ3v) is 7.06. The van der Waals surface area contributed by atoms with E-state index in [0.717, 1.165) is 11.6 Å². The lowest BCUT2D eigenvalue weighted by atomic mass is 10.0. The second-order valence-electron chi connectivity index (χ2n) is 10.6. The van der Waals surface area contributed by atoms with Gasteiger partial charge in [0.05, 0.1) is 24.7 Å². The zero-order valence-electron chi connectivity index (χ0n) is 26.7. The summed E-state index contributed by atoms with van der Waals surface area (Å²) in [5, 5.41) is 17.6. The molecular weight excluding hydrogens is 643 g/mol. The number of aromatic nitrogens is 1. The van der Waals surface area contributed by atoms with Crippen molar-refractivity contribution in [3.63, 3.8) is 0 Å². The Morgan fingerprint density at radius 3 is 2.12 bits per heavy atom. The largest absolute Gasteiger partial charge is 0.497 e. The van der Waals surface area contributed by atoms with E-state index in [1.165, 1.54) is 68.8 Å². The predicted molar refractivity (Wildman–Crippen MR) is 174 cm³/mol. The third-order valence-electron chi connectivity index (χ3n) is 7.06. The smallest absolute Gasteiger partial charge is 0.416 e. The molecule has 14 heteroatoms. The van der Waals surface area contributed by atoms with E-state index in [9.17, 15) is 27.6 Å². The molecule has 0 radical (unpaired) electrons. The Balaban J connectivity index is 1.32. The monoisotopic (exact) mass is 675 g/mol. The maximum absolute atomic E-state index is 13.5. The molecule has 0 aliphatic rings. The zero-order valence-corrected chi connectivity index (χ0v) is 26.7. The average Bonchev–Trinajstić information content (AvgIpc) is 3.07. The number of nitrogens with zero attached hydrogens (tertiary/aromatic N) is 2. The van der Waals surface area contributed by atoms with Crippen LogP contribution in [0.1, 0.15) is 56.9 Å². The van der Waals surface area contributed by atoms with Crippen molar-refractivity contribution in [3.8, 4) is 11.5 Å². The Morgan fingerprint density at radius 1 is 0.898 bits per heavy atom. The Kier molecular flexibility index (Phi) is 11.5. The Labute approximate surface area is 279 Å². The molecule has 4 aromatic rings. The minimum Gasteiger partial charge on any atom is -0.497 e. The van der Waals surface area contributed by atoms with E-state index in [1.807, 2.05) is 6.92 Å². The van der Waals surface area contributed by atoms with Gasteiger partial charge in [-0.1, -0.05) is 18.2 Å². The van der Waals surface area contributed by atoms with E-state index in [1.54, 1.807) is 29.2 Å². The second-order valence-corrected chi connectivity index (χ2v) is 10.6. The van der Waals surface area contributed by atoms with Gasteiger partial charge in [-0.3, -0.25) is 20.4 Å². The van der Waals surface area contributed by atoms with Crippen LogP contribution < -0.4 is 14.8 Å². The molecular formula is C35H32F3N5O6. The van der Waals surface area contributed by atoms with Crippen LogP contribution in [0.2, 0.25) is 0 Å². The van der Waals surface area contributed by atoms with Crippen LogP contribution in [0.3, 0.4) is 0 Å². The minimum atomic E-state index is -4.66. The lowest BCUT2D eigenvalue weighted by molar-refractivity contribution is -0.138. The zero-order chi connectivity index (χ0) is 35.7. The van der Waals surface area contributed by atoms with Crippen molar-refractivity contribution >= 4 is 35.3 Å². The number of hydrogen-bond donors (Lipinski definition) is 3. The number of nitrogens with one attached hydrogen (secondary N) is 3. The summed E-state index contributed by atoms with van der Waals surface area (Å²) in [6.45, 7) is 3.83. The van der Waals surface area contributed by atoms with E-state index in [4.69, 9.17) is 25.0 Å². The van der Waals surface area contributed by atoms with Gasteiger partial charge in [0.1, 0.15) is 17.2 Å². The number of benzene rings is 3. The fourth-order valence-corrected chi connectivity index (χ4v) is 4.59. The van der Waals surface area contributed by atoms with E-state index in [0.29, 0.717) is 17.8 Å². The Bertz CT molecular complexity index is 1840. The van der Waals surface area contributed by atoms with Crippen molar-refractivity contribution in [2.45, 2.75) is 33.0 Å². The number of methoxy groups -OCH3 is 1. The van der Waals surface area contributed by atoms with Gasteiger partial charge in [0, 0.05) is 37.5 Å². The Hall–Kier alpha value is -6.05. The number of esters is 1. The lowest BCUT2D eigenvalue weighted by Crippen LogP contribution is -2.30. The average molecular weight is 676 g/mol. The maximum Gasteiger partial charge on any atom is 0.416 e. The molecule has 4 rings (SSSR count). The summed E-state index contributed by atoms with van der Waals surface area (Å²) in [6, 6.07) is 18.8. The van der Waals surface area contributed by atoms with Gasteiger partial charge in [0.15, 0.2) is 5.90 Å². The third kappa shape index (κ3) is 9.73. The van der Waals surface area contributed by atoms with Gasteiger partial charge in [0.25, 0.3) is 5.91 Å². The number of rotatable bonds is 11. The number of pyridine rings is 1. The topological polar surface area (TPSA) is 155 Å². The molecule has 1 heterocycles. The fraction of sp³-hybridized carbons (Fsp3) is 0.200. The van der Waals surface area contributed by atoms with Crippen LogP contribution in [0.5, 0.6) is 11.5 Å². The molecule has 2 amide bonds. The summed E-state index contributed by atoms with van der Waals surface area (Å²) in [4.78, 5) is 43.9. The summed E-state index contributed by atoms with van der Waals surface area (Å²) in [7, 11) is 1.26. The molecule has 0 unspecified atom stereocenters. The molecule has 0 atom stereocenters. The van der Waals surface area contributed by atoms with Gasteiger partial charge >= 0.3 is 12.1 Å². The summed E-state index contributed by atoms with van der Waals surface area (Å²) in [5.74, 6) is -1.80. The highest BCUT2D eigenvalue weighted by molar-refractivity contribution is 5.99. The molecule has 11 nitrogen and oxygen atoms in total. The number of ether oxygens (including phenoxy) is 3. The molecule has 1 aromatic heterocycles. The molecule has 0 bridgehead atoms. The number of anilines is 1. The van der Waals surface area contributed by atoms with Gasteiger partial charge in [0.2, 0.25) is 11.8 Å². The van der Waals surface area contributed by atoms with Crippen LogP contribution in [0, 0.1) is 10.8 Å². The number of carbonyl (C=O) groups excluding carboxylic acids is 3. The molecule has 49 heavy (non-hydrogen) atoms. The van der Waals surface area contributed by atoms with Crippen molar-refractivity contribution in [1.82, 2.24) is 9.88 Å². The molecule has 0 saturated carbocycles. The first kappa shape index (κ1) is 35.8. The molecule has 0 fully saturated rings. The van der Waals surface area contributed by atoms with Gasteiger partial charge in [-0.05, 0) is 78.7 Å². The standard InChI is InChI=1S/C35H32F3N5O6/c1-4-43(20-22-5-13-27(14-6-22)49-34(46)30-16-10-25(19-41-30)32(40)48-21(2)39)33(45)23-7-11-26(12-8-23)42-31(44)17-24-9-15-28(47-3)18-29(24)35(36,37)38/h5-16,18-19,39-40H,4,17,20H2,1-3H3,(H,42,44). The van der Waals surface area contributed by atoms with E-state index < -0.39 is 30.0 Å². The molecule has 0 spiro atoms. The van der Waals surface area contributed by atoms with Gasteiger partial charge < -0.3 is 24.4 Å². The molecule has 0 aliphatic heterocycles. The molecule has 3 N–H and O–H groups in total. The number of alkyl halides is 3. The molecule has 254 valence electrons. The van der Waals surface area contributed by atoms with Crippen molar-refractivity contribution in [1.29, 1.82) is 10.8 Å². The number of hydrogen-bond acceptors (Lipinski definition) is 9. The minimum absolute atomic E-state index is 0.00775. The highest BCUT2D eigenvalue weighted by atomic mass is 19.4. The molecule has 0 aliphatic carbocycles. The van der Waals surface area contributed by atoms with Crippen LogP contribution >= 0.6 is 0 Å². The first-order valence-electron chi connectivity index (χ1n) is 14.8. The van der Waals surface area contributed by atoms with Gasteiger partial charge in [-0.25, -0.2) is 9.78 Å². The van der Waals surface area contributed by atoms with Crippen LogP contribution in [-0.2, 0) is 28.7 Å². The number of halogens is 3. The van der Waals surface area contributed by atoms with E-state index in [2.05, 4.69) is 10.3 Å². The van der Waals surface area contributed by atoms with Gasteiger partial charge in [-0.15, -0.1) is 0 Å².